The highest BCUT2D eigenvalue weighted by Crippen LogP contribution is 2.30. The minimum atomic E-state index is -0.166. The average Bonchev–Trinajstić information content (AvgIpc) is 2.92. The van der Waals surface area contributed by atoms with E-state index in [2.05, 4.69) is 0 Å². The van der Waals surface area contributed by atoms with Crippen molar-refractivity contribution in [2.75, 3.05) is 13.7 Å². The van der Waals surface area contributed by atoms with E-state index in [0.29, 0.717) is 17.6 Å². The summed E-state index contributed by atoms with van der Waals surface area (Å²) in [5.41, 5.74) is 0.343. The van der Waals surface area contributed by atoms with Crippen LogP contribution in [0.2, 0.25) is 0 Å². The van der Waals surface area contributed by atoms with Crippen LogP contribution in [0.15, 0.2) is 36.4 Å². The molecule has 2 atom stereocenters. The van der Waals surface area contributed by atoms with Crippen LogP contribution in [0.4, 0.5) is 0 Å². The molecule has 4 heteroatoms. The first-order valence-corrected chi connectivity index (χ1v) is 7.19. The highest BCUT2D eigenvalue weighted by atomic mass is 16.5. The van der Waals surface area contributed by atoms with Gasteiger partial charge >= 0.3 is 0 Å². The number of fused-ring (bicyclic) bond motifs is 1. The third-order valence-corrected chi connectivity index (χ3v) is 4.29. The van der Waals surface area contributed by atoms with E-state index in [0.717, 1.165) is 11.8 Å². The molecule has 21 heavy (non-hydrogen) atoms. The Hall–Kier alpha value is -2.07. The van der Waals surface area contributed by atoms with Crippen LogP contribution in [0.1, 0.15) is 23.7 Å². The fourth-order valence-electron chi connectivity index (χ4n) is 3.00. The summed E-state index contributed by atoms with van der Waals surface area (Å²) in [7, 11) is 1.77. The quantitative estimate of drug-likeness (QED) is 0.923. The molecular formula is C17H19NO3. The Kier molecular flexibility index (Phi) is 3.55. The van der Waals surface area contributed by atoms with Gasteiger partial charge in [-0.15, -0.1) is 0 Å². The number of carbonyl (C=O) groups is 1. The molecule has 2 unspecified atom stereocenters. The number of phenols is 1. The molecule has 0 radical (unpaired) electrons. The van der Waals surface area contributed by atoms with Crippen LogP contribution in [0.25, 0.3) is 10.8 Å². The topological polar surface area (TPSA) is 49.8 Å². The molecule has 0 aliphatic carbocycles. The van der Waals surface area contributed by atoms with Gasteiger partial charge < -0.3 is 14.7 Å². The van der Waals surface area contributed by atoms with Crippen LogP contribution in [-0.4, -0.2) is 41.7 Å². The van der Waals surface area contributed by atoms with Gasteiger partial charge in [-0.1, -0.05) is 30.3 Å². The summed E-state index contributed by atoms with van der Waals surface area (Å²) < 4.78 is 5.52. The van der Waals surface area contributed by atoms with Crippen molar-refractivity contribution in [3.63, 3.8) is 0 Å². The molecule has 1 heterocycles. The van der Waals surface area contributed by atoms with Crippen molar-refractivity contribution in [1.29, 1.82) is 0 Å². The van der Waals surface area contributed by atoms with Crippen LogP contribution in [0, 0.1) is 0 Å². The number of carbonyl (C=O) groups excluding carboxylic acids is 1. The van der Waals surface area contributed by atoms with Gasteiger partial charge in [0.15, 0.2) is 0 Å². The summed E-state index contributed by atoms with van der Waals surface area (Å²) in [6.07, 6.45) is 0.860. The number of rotatable bonds is 2. The van der Waals surface area contributed by atoms with Crippen molar-refractivity contribution in [2.24, 2.45) is 0 Å². The average molecular weight is 285 g/mol. The number of ether oxygens (including phenoxy) is 1. The molecular weight excluding hydrogens is 266 g/mol. The number of phenolic OH excluding ortho intramolecular Hbond substituents is 1. The third kappa shape index (κ3) is 2.36. The lowest BCUT2D eigenvalue weighted by Crippen LogP contribution is -2.41. The fraction of sp³-hybridized carbons (Fsp3) is 0.353. The first-order chi connectivity index (χ1) is 10.1. The van der Waals surface area contributed by atoms with E-state index >= 15 is 0 Å². The van der Waals surface area contributed by atoms with Gasteiger partial charge in [0.05, 0.1) is 17.7 Å². The molecule has 0 saturated carbocycles. The molecule has 3 rings (SSSR count). The molecule has 2 aromatic rings. The highest BCUT2D eigenvalue weighted by molar-refractivity contribution is 6.03. The predicted octanol–water partition coefficient (Wildman–Crippen LogP) is 2.79. The maximum atomic E-state index is 12.7. The van der Waals surface area contributed by atoms with Gasteiger partial charge in [0.1, 0.15) is 5.75 Å². The summed E-state index contributed by atoms with van der Waals surface area (Å²) in [5.74, 6) is -0.114. The van der Waals surface area contributed by atoms with Crippen LogP contribution in [-0.2, 0) is 4.74 Å². The van der Waals surface area contributed by atoms with Crippen molar-refractivity contribution in [3.05, 3.63) is 42.0 Å². The summed E-state index contributed by atoms with van der Waals surface area (Å²) in [6.45, 7) is 2.65. The minimum Gasteiger partial charge on any atom is -0.506 e. The van der Waals surface area contributed by atoms with Gasteiger partial charge in [-0.3, -0.25) is 4.79 Å². The lowest BCUT2D eigenvalue weighted by atomic mass is 10.0. The van der Waals surface area contributed by atoms with Gasteiger partial charge in [0.2, 0.25) is 0 Å². The number of amides is 1. The molecule has 2 aromatic carbocycles. The van der Waals surface area contributed by atoms with Gasteiger partial charge in [-0.05, 0) is 24.8 Å². The number of hydrogen-bond donors (Lipinski definition) is 1. The SMILES string of the molecule is CC1OCCC1N(C)C(=O)c1ccc2ccccc2c1O. The minimum absolute atomic E-state index is 0.0292. The normalized spacial score (nSPS) is 21.6. The summed E-state index contributed by atoms with van der Waals surface area (Å²) in [4.78, 5) is 14.3. The van der Waals surface area contributed by atoms with E-state index in [-0.39, 0.29) is 23.8 Å². The Morgan fingerprint density at radius 3 is 2.76 bits per heavy atom. The van der Waals surface area contributed by atoms with Crippen molar-refractivity contribution in [3.8, 4) is 5.75 Å². The first kappa shape index (κ1) is 13.9. The Morgan fingerprint density at radius 2 is 2.05 bits per heavy atom. The van der Waals surface area contributed by atoms with E-state index in [1.165, 1.54) is 0 Å². The molecule has 4 nitrogen and oxygen atoms in total. The first-order valence-electron chi connectivity index (χ1n) is 7.19. The molecule has 0 aromatic heterocycles. The van der Waals surface area contributed by atoms with Crippen molar-refractivity contribution >= 4 is 16.7 Å². The Labute approximate surface area is 123 Å². The standard InChI is InChI=1S/C17H19NO3/c1-11-15(9-10-21-11)18(2)17(20)14-8-7-12-5-3-4-6-13(12)16(14)19/h3-8,11,15,19H,9-10H2,1-2H3. The molecule has 1 fully saturated rings. The number of nitrogens with zero attached hydrogens (tertiary/aromatic N) is 1. The zero-order valence-electron chi connectivity index (χ0n) is 12.2. The number of hydrogen-bond acceptors (Lipinski definition) is 3. The van der Waals surface area contributed by atoms with E-state index in [4.69, 9.17) is 4.74 Å². The molecule has 0 spiro atoms. The molecule has 1 aliphatic heterocycles. The van der Waals surface area contributed by atoms with Crippen molar-refractivity contribution in [1.82, 2.24) is 4.90 Å². The van der Waals surface area contributed by atoms with Gasteiger partial charge in [0, 0.05) is 19.0 Å². The highest BCUT2D eigenvalue weighted by Gasteiger charge is 2.32. The second-order valence-corrected chi connectivity index (χ2v) is 5.53. The maximum absolute atomic E-state index is 12.7. The van der Waals surface area contributed by atoms with Gasteiger partial charge in [0.25, 0.3) is 5.91 Å². The fourth-order valence-corrected chi connectivity index (χ4v) is 3.00. The summed E-state index contributed by atoms with van der Waals surface area (Å²) in [6, 6.07) is 11.1. The van der Waals surface area contributed by atoms with Gasteiger partial charge in [-0.2, -0.15) is 0 Å². The summed E-state index contributed by atoms with van der Waals surface area (Å²) >= 11 is 0. The summed E-state index contributed by atoms with van der Waals surface area (Å²) in [5, 5.41) is 12.0. The smallest absolute Gasteiger partial charge is 0.257 e. The Bertz CT molecular complexity index is 683. The van der Waals surface area contributed by atoms with Crippen LogP contribution in [0.5, 0.6) is 5.75 Å². The van der Waals surface area contributed by atoms with Crippen LogP contribution >= 0.6 is 0 Å². The van der Waals surface area contributed by atoms with E-state index in [1.807, 2.05) is 37.3 Å². The van der Waals surface area contributed by atoms with Gasteiger partial charge in [-0.25, -0.2) is 0 Å². The molecule has 110 valence electrons. The number of aromatic hydroxyl groups is 1. The predicted molar refractivity (Wildman–Crippen MR) is 81.5 cm³/mol. The van der Waals surface area contributed by atoms with E-state index in [9.17, 15) is 9.90 Å². The third-order valence-electron chi connectivity index (χ3n) is 4.29. The van der Waals surface area contributed by atoms with Crippen molar-refractivity contribution in [2.45, 2.75) is 25.5 Å². The Morgan fingerprint density at radius 1 is 1.29 bits per heavy atom. The molecule has 1 saturated heterocycles. The number of likely N-dealkylation sites (N-methyl/N-ethyl adjacent to an activating group) is 1. The van der Waals surface area contributed by atoms with E-state index < -0.39 is 0 Å². The number of benzene rings is 2. The van der Waals surface area contributed by atoms with Crippen molar-refractivity contribution < 1.29 is 14.6 Å². The van der Waals surface area contributed by atoms with Crippen LogP contribution in [0.3, 0.4) is 0 Å². The monoisotopic (exact) mass is 285 g/mol. The lowest BCUT2D eigenvalue weighted by Gasteiger charge is -2.27. The zero-order valence-corrected chi connectivity index (χ0v) is 12.2. The second-order valence-electron chi connectivity index (χ2n) is 5.53. The molecule has 0 bridgehead atoms. The zero-order chi connectivity index (χ0) is 15.0. The molecule has 1 aliphatic rings. The molecule has 1 amide bonds. The van der Waals surface area contributed by atoms with E-state index in [1.54, 1.807) is 18.0 Å². The lowest BCUT2D eigenvalue weighted by molar-refractivity contribution is 0.0572. The Balaban J connectivity index is 1.96. The second kappa shape index (κ2) is 5.37. The molecule has 1 N–H and O–H groups in total. The van der Waals surface area contributed by atoms with Crippen LogP contribution < -0.4 is 0 Å². The maximum Gasteiger partial charge on any atom is 0.257 e. The largest absolute Gasteiger partial charge is 0.506 e.